The lowest BCUT2D eigenvalue weighted by Gasteiger charge is -1.95. The van der Waals surface area contributed by atoms with Gasteiger partial charge < -0.3 is 11.5 Å². The molecule has 0 radical (unpaired) electrons. The molecular formula is C6H17N5. The van der Waals surface area contributed by atoms with Crippen molar-refractivity contribution in [3.63, 3.8) is 0 Å². The van der Waals surface area contributed by atoms with Crippen LogP contribution in [0.25, 0.3) is 0 Å². The quantitative estimate of drug-likeness (QED) is 0.277. The molecule has 5 heteroatoms. The van der Waals surface area contributed by atoms with Crippen molar-refractivity contribution in [3.05, 3.63) is 0 Å². The fraction of sp³-hybridized carbons (Fsp3) is 0.667. The average Bonchev–Trinajstić information content (AvgIpc) is 1.85. The highest BCUT2D eigenvalue weighted by Gasteiger charge is 1.83. The van der Waals surface area contributed by atoms with Gasteiger partial charge in [-0.2, -0.15) is 0 Å². The molecule has 5 nitrogen and oxygen atoms in total. The van der Waals surface area contributed by atoms with Crippen LogP contribution in [0, 0.1) is 10.8 Å². The second-order valence-corrected chi connectivity index (χ2v) is 1.95. The van der Waals surface area contributed by atoms with Crippen LogP contribution in [-0.2, 0) is 0 Å². The summed E-state index contributed by atoms with van der Waals surface area (Å²) in [5.41, 5.74) is 9.49. The van der Waals surface area contributed by atoms with Crippen LogP contribution in [0.4, 0.5) is 0 Å². The first-order valence-corrected chi connectivity index (χ1v) is 3.49. The van der Waals surface area contributed by atoms with E-state index in [2.05, 4.69) is 13.8 Å². The summed E-state index contributed by atoms with van der Waals surface area (Å²) in [5.74, 6) is -0.625. The van der Waals surface area contributed by atoms with Gasteiger partial charge in [-0.25, -0.2) is 0 Å². The average molecular weight is 159 g/mol. The van der Waals surface area contributed by atoms with Crippen molar-refractivity contribution in [2.24, 2.45) is 11.5 Å². The first kappa shape index (κ1) is 12.4. The van der Waals surface area contributed by atoms with E-state index >= 15 is 0 Å². The number of hydrogen-bond acceptors (Lipinski definition) is 2. The molecule has 0 saturated heterocycles. The summed E-state index contributed by atoms with van der Waals surface area (Å²) in [5, 5.41) is 15.0. The molecule has 0 rings (SSSR count). The Kier molecular flexibility index (Phi) is 9.87. The standard InChI is InChI=1S/C4H10.C2H7N5/c1-3-4-2;3-1(4)7-2(5)6/h3-4H2,1-2H3;(H7,3,4,5,6,7). The zero-order valence-corrected chi connectivity index (χ0v) is 7.07. The van der Waals surface area contributed by atoms with E-state index in [9.17, 15) is 0 Å². The van der Waals surface area contributed by atoms with Gasteiger partial charge in [0, 0.05) is 0 Å². The Bertz CT molecular complexity index is 106. The van der Waals surface area contributed by atoms with E-state index in [0.29, 0.717) is 0 Å². The Morgan fingerprint density at radius 2 is 1.36 bits per heavy atom. The molecule has 0 aromatic rings. The maximum Gasteiger partial charge on any atom is 0.192 e. The summed E-state index contributed by atoms with van der Waals surface area (Å²) in [4.78, 5) is 0. The minimum atomic E-state index is -0.312. The molecule has 0 aliphatic rings. The number of guanidine groups is 2. The largest absolute Gasteiger partial charge is 0.370 e. The number of hydrogen-bond donors (Lipinski definition) is 5. The van der Waals surface area contributed by atoms with Crippen LogP contribution < -0.4 is 16.8 Å². The summed E-state index contributed by atoms with van der Waals surface area (Å²) in [6.07, 6.45) is 2.64. The second-order valence-electron chi connectivity index (χ2n) is 1.95. The molecule has 11 heavy (non-hydrogen) atoms. The fourth-order valence-electron chi connectivity index (χ4n) is 0.145. The highest BCUT2D eigenvalue weighted by atomic mass is 15.1. The molecule has 0 unspecified atom stereocenters. The summed E-state index contributed by atoms with van der Waals surface area (Å²) in [6.45, 7) is 4.36. The normalized spacial score (nSPS) is 7.45. The zero-order valence-electron chi connectivity index (χ0n) is 7.07. The highest BCUT2D eigenvalue weighted by Crippen LogP contribution is 1.76. The molecule has 0 saturated carbocycles. The molecule has 0 bridgehead atoms. The number of rotatable bonds is 1. The lowest BCUT2D eigenvalue weighted by molar-refractivity contribution is 0.886. The first-order valence-electron chi connectivity index (χ1n) is 3.49. The van der Waals surface area contributed by atoms with Gasteiger partial charge in [0.05, 0.1) is 0 Å². The first-order chi connectivity index (χ1) is 5.04. The maximum atomic E-state index is 6.47. The van der Waals surface area contributed by atoms with Crippen molar-refractivity contribution in [2.45, 2.75) is 26.7 Å². The van der Waals surface area contributed by atoms with Crippen molar-refractivity contribution in [2.75, 3.05) is 0 Å². The van der Waals surface area contributed by atoms with Crippen molar-refractivity contribution >= 4 is 11.9 Å². The van der Waals surface area contributed by atoms with Gasteiger partial charge in [0.15, 0.2) is 11.9 Å². The SMILES string of the molecule is CCCC.N=C(N)NC(=N)N. The summed E-state index contributed by atoms with van der Waals surface area (Å²) in [7, 11) is 0. The van der Waals surface area contributed by atoms with Crippen LogP contribution in [0.5, 0.6) is 0 Å². The second kappa shape index (κ2) is 8.74. The predicted octanol–water partition coefficient (Wildman–Crippen LogP) is 0.169. The Labute approximate surface area is 67.2 Å². The minimum Gasteiger partial charge on any atom is -0.370 e. The van der Waals surface area contributed by atoms with Gasteiger partial charge >= 0.3 is 0 Å². The van der Waals surface area contributed by atoms with Crippen molar-refractivity contribution < 1.29 is 0 Å². The molecule has 0 atom stereocenters. The van der Waals surface area contributed by atoms with Gasteiger partial charge in [-0.05, 0) is 0 Å². The zero-order chi connectivity index (χ0) is 9.28. The van der Waals surface area contributed by atoms with E-state index in [1.807, 2.05) is 5.32 Å². The summed E-state index contributed by atoms with van der Waals surface area (Å²) < 4.78 is 0. The minimum absolute atomic E-state index is 0.312. The predicted molar refractivity (Wildman–Crippen MR) is 47.5 cm³/mol. The number of unbranched alkanes of at least 4 members (excludes halogenated alkanes) is 1. The molecule has 0 aromatic heterocycles. The van der Waals surface area contributed by atoms with E-state index in [4.69, 9.17) is 22.3 Å². The van der Waals surface area contributed by atoms with Gasteiger partial charge in [0.2, 0.25) is 0 Å². The number of nitrogens with two attached hydrogens (primary N) is 2. The van der Waals surface area contributed by atoms with E-state index < -0.39 is 0 Å². The van der Waals surface area contributed by atoms with Crippen LogP contribution in [0.15, 0.2) is 0 Å². The third kappa shape index (κ3) is 28.4. The Morgan fingerprint density at radius 1 is 1.09 bits per heavy atom. The van der Waals surface area contributed by atoms with E-state index in [1.54, 1.807) is 0 Å². The Morgan fingerprint density at radius 3 is 1.36 bits per heavy atom. The topological polar surface area (TPSA) is 112 Å². The lowest BCUT2D eigenvalue weighted by Crippen LogP contribution is -2.39. The summed E-state index contributed by atoms with van der Waals surface area (Å²) >= 11 is 0. The molecule has 0 fully saturated rings. The van der Waals surface area contributed by atoms with E-state index in [0.717, 1.165) is 0 Å². The molecule has 66 valence electrons. The van der Waals surface area contributed by atoms with Gasteiger partial charge in [0.1, 0.15) is 0 Å². The highest BCUT2D eigenvalue weighted by molar-refractivity contribution is 5.93. The maximum absolute atomic E-state index is 6.47. The molecule has 0 aliphatic heterocycles. The molecule has 0 spiro atoms. The molecular weight excluding hydrogens is 142 g/mol. The van der Waals surface area contributed by atoms with Crippen LogP contribution in [0.1, 0.15) is 26.7 Å². The third-order valence-electron chi connectivity index (χ3n) is 0.769. The molecule has 0 heterocycles. The third-order valence-corrected chi connectivity index (χ3v) is 0.769. The van der Waals surface area contributed by atoms with Gasteiger partial charge in [-0.15, -0.1) is 0 Å². The monoisotopic (exact) mass is 159 g/mol. The molecule has 7 N–H and O–H groups in total. The van der Waals surface area contributed by atoms with Gasteiger partial charge in [-0.3, -0.25) is 16.1 Å². The van der Waals surface area contributed by atoms with Crippen molar-refractivity contribution in [3.8, 4) is 0 Å². The van der Waals surface area contributed by atoms with Gasteiger partial charge in [-0.1, -0.05) is 26.7 Å². The van der Waals surface area contributed by atoms with Crippen molar-refractivity contribution in [1.29, 1.82) is 10.8 Å². The smallest absolute Gasteiger partial charge is 0.192 e. The van der Waals surface area contributed by atoms with E-state index in [1.165, 1.54) is 12.8 Å². The number of nitrogens with one attached hydrogen (secondary N) is 3. The van der Waals surface area contributed by atoms with Gasteiger partial charge in [0.25, 0.3) is 0 Å². The molecule has 0 amide bonds. The van der Waals surface area contributed by atoms with Crippen LogP contribution in [0.2, 0.25) is 0 Å². The van der Waals surface area contributed by atoms with Crippen LogP contribution in [0.3, 0.4) is 0 Å². The fourth-order valence-corrected chi connectivity index (χ4v) is 0.145. The Hall–Kier alpha value is -1.26. The van der Waals surface area contributed by atoms with Crippen LogP contribution >= 0.6 is 0 Å². The van der Waals surface area contributed by atoms with E-state index in [-0.39, 0.29) is 11.9 Å². The van der Waals surface area contributed by atoms with Crippen LogP contribution in [-0.4, -0.2) is 11.9 Å². The lowest BCUT2D eigenvalue weighted by atomic mass is 10.4. The van der Waals surface area contributed by atoms with Crippen molar-refractivity contribution in [1.82, 2.24) is 5.32 Å². The Balaban J connectivity index is 0. The molecule has 0 aromatic carbocycles. The molecule has 0 aliphatic carbocycles. The summed E-state index contributed by atoms with van der Waals surface area (Å²) in [6, 6.07) is 0.